The molecule has 1 saturated carbocycles. The van der Waals surface area contributed by atoms with Gasteiger partial charge in [0.1, 0.15) is 0 Å². The van der Waals surface area contributed by atoms with Crippen molar-refractivity contribution in [2.24, 2.45) is 10.9 Å². The number of likely N-dealkylation sites (tertiary alicyclic amines) is 2. The van der Waals surface area contributed by atoms with Crippen molar-refractivity contribution >= 4 is 5.96 Å². The quantitative estimate of drug-likeness (QED) is 0.595. The van der Waals surface area contributed by atoms with Gasteiger partial charge < -0.3 is 15.5 Å². The number of nitrogens with one attached hydrogen (secondary N) is 2. The van der Waals surface area contributed by atoms with Gasteiger partial charge in [0, 0.05) is 51.9 Å². The van der Waals surface area contributed by atoms with Crippen LogP contribution in [0.4, 0.5) is 0 Å². The van der Waals surface area contributed by atoms with E-state index in [-0.39, 0.29) is 0 Å². The van der Waals surface area contributed by atoms with Crippen molar-refractivity contribution in [3.05, 3.63) is 0 Å². The van der Waals surface area contributed by atoms with Gasteiger partial charge in [-0.25, -0.2) is 0 Å². The van der Waals surface area contributed by atoms with Crippen molar-refractivity contribution < 1.29 is 0 Å². The normalized spacial score (nSPS) is 30.8. The third-order valence-corrected chi connectivity index (χ3v) is 6.09. The van der Waals surface area contributed by atoms with Gasteiger partial charge in [-0.15, -0.1) is 0 Å². The molecule has 3 rings (SSSR count). The minimum Gasteiger partial charge on any atom is -0.355 e. The van der Waals surface area contributed by atoms with Gasteiger partial charge in [0.15, 0.2) is 5.96 Å². The molecule has 2 aliphatic heterocycles. The van der Waals surface area contributed by atoms with Crippen LogP contribution in [0.25, 0.3) is 0 Å². The monoisotopic (exact) mass is 335 g/mol. The lowest BCUT2D eigenvalue weighted by Gasteiger charge is -2.31. The molecule has 0 bridgehead atoms. The molecule has 0 aromatic carbocycles. The molecule has 2 N–H and O–H groups in total. The summed E-state index contributed by atoms with van der Waals surface area (Å²) in [4.78, 5) is 9.72. The van der Waals surface area contributed by atoms with E-state index >= 15 is 0 Å². The van der Waals surface area contributed by atoms with E-state index in [1.165, 1.54) is 71.1 Å². The van der Waals surface area contributed by atoms with Gasteiger partial charge in [0.25, 0.3) is 0 Å². The zero-order valence-corrected chi connectivity index (χ0v) is 15.8. The minimum atomic E-state index is 0.562. The summed E-state index contributed by atoms with van der Waals surface area (Å²) in [5.74, 6) is 1.84. The number of nitrogens with zero attached hydrogens (tertiary/aromatic N) is 3. The molecular weight excluding hydrogens is 298 g/mol. The van der Waals surface area contributed by atoms with Crippen LogP contribution in [-0.2, 0) is 0 Å². The number of piperidine rings is 1. The molecule has 0 amide bonds. The first-order valence-electron chi connectivity index (χ1n) is 10.2. The highest BCUT2D eigenvalue weighted by Gasteiger charge is 2.30. The summed E-state index contributed by atoms with van der Waals surface area (Å²) in [5.41, 5.74) is 0. The molecule has 0 aromatic rings. The van der Waals surface area contributed by atoms with Crippen LogP contribution < -0.4 is 10.6 Å². The predicted octanol–water partition coefficient (Wildman–Crippen LogP) is 1.90. The maximum atomic E-state index is 4.43. The summed E-state index contributed by atoms with van der Waals surface area (Å²) in [6.45, 7) is 9.45. The highest BCUT2D eigenvalue weighted by molar-refractivity contribution is 5.80. The van der Waals surface area contributed by atoms with Crippen LogP contribution in [0.1, 0.15) is 51.9 Å². The van der Waals surface area contributed by atoms with E-state index in [1.54, 1.807) is 0 Å². The van der Waals surface area contributed by atoms with Crippen LogP contribution in [0, 0.1) is 5.92 Å². The summed E-state index contributed by atoms with van der Waals surface area (Å²) < 4.78 is 0. The Balaban J connectivity index is 1.34. The molecule has 2 atom stereocenters. The third-order valence-electron chi connectivity index (χ3n) is 6.09. The Hall–Kier alpha value is -0.810. The number of aliphatic imine (C=N–C) groups is 1. The molecule has 1 aliphatic carbocycles. The fourth-order valence-corrected chi connectivity index (χ4v) is 4.72. The van der Waals surface area contributed by atoms with Gasteiger partial charge in [0.2, 0.25) is 0 Å². The summed E-state index contributed by atoms with van der Waals surface area (Å²) in [6, 6.07) is 1.42. The highest BCUT2D eigenvalue weighted by Crippen LogP contribution is 2.26. The molecule has 2 saturated heterocycles. The number of rotatable bonds is 5. The average Bonchev–Trinajstić information content (AvgIpc) is 3.25. The van der Waals surface area contributed by atoms with Gasteiger partial charge in [-0.1, -0.05) is 19.8 Å². The average molecular weight is 336 g/mol. The zero-order valence-electron chi connectivity index (χ0n) is 15.8. The van der Waals surface area contributed by atoms with Crippen LogP contribution in [0.3, 0.4) is 0 Å². The van der Waals surface area contributed by atoms with Gasteiger partial charge in [-0.05, 0) is 44.6 Å². The molecule has 0 spiro atoms. The minimum absolute atomic E-state index is 0.562. The standard InChI is InChI=1S/C19H37N5/c1-16-6-5-11-23(14-16)13-10-21-19(20-2)22-17-9-12-24(15-17)18-7-3-4-8-18/h16-18H,3-15H2,1-2H3,(H2,20,21,22). The van der Waals surface area contributed by atoms with Gasteiger partial charge in [-0.3, -0.25) is 9.89 Å². The SMILES string of the molecule is CN=C(NCCN1CCCC(C)C1)NC1CCN(C2CCCC2)C1. The van der Waals surface area contributed by atoms with Crippen molar-refractivity contribution in [1.29, 1.82) is 0 Å². The van der Waals surface area contributed by atoms with Crippen molar-refractivity contribution in [2.45, 2.75) is 64.0 Å². The molecule has 3 fully saturated rings. The summed E-state index contributed by atoms with van der Waals surface area (Å²) >= 11 is 0. The summed E-state index contributed by atoms with van der Waals surface area (Å²) in [5, 5.41) is 7.17. The topological polar surface area (TPSA) is 42.9 Å². The van der Waals surface area contributed by atoms with Crippen molar-refractivity contribution in [1.82, 2.24) is 20.4 Å². The van der Waals surface area contributed by atoms with Crippen LogP contribution in [-0.4, -0.2) is 74.2 Å². The fraction of sp³-hybridized carbons (Fsp3) is 0.947. The second kappa shape index (κ2) is 9.04. The maximum Gasteiger partial charge on any atom is 0.191 e. The van der Waals surface area contributed by atoms with E-state index in [0.717, 1.165) is 31.0 Å². The first-order valence-corrected chi connectivity index (χ1v) is 10.2. The van der Waals surface area contributed by atoms with E-state index in [4.69, 9.17) is 0 Å². The fourth-order valence-electron chi connectivity index (χ4n) is 4.72. The first-order chi connectivity index (χ1) is 11.7. The Morgan fingerprint density at radius 3 is 2.62 bits per heavy atom. The lowest BCUT2D eigenvalue weighted by Crippen LogP contribution is -2.47. The van der Waals surface area contributed by atoms with Crippen molar-refractivity contribution in [3.63, 3.8) is 0 Å². The Bertz CT molecular complexity index is 405. The molecule has 0 radical (unpaired) electrons. The largest absolute Gasteiger partial charge is 0.355 e. The molecule has 2 heterocycles. The Morgan fingerprint density at radius 1 is 1.04 bits per heavy atom. The maximum absolute atomic E-state index is 4.43. The Kier molecular flexibility index (Phi) is 6.78. The lowest BCUT2D eigenvalue weighted by molar-refractivity contribution is 0.186. The van der Waals surface area contributed by atoms with Gasteiger partial charge >= 0.3 is 0 Å². The van der Waals surface area contributed by atoms with E-state index < -0.39 is 0 Å². The lowest BCUT2D eigenvalue weighted by atomic mass is 10.0. The molecule has 0 aromatic heterocycles. The molecule has 3 aliphatic rings. The molecule has 5 nitrogen and oxygen atoms in total. The van der Waals surface area contributed by atoms with E-state index in [0.29, 0.717) is 6.04 Å². The second-order valence-electron chi connectivity index (χ2n) is 8.11. The third kappa shape index (κ3) is 5.09. The summed E-state index contributed by atoms with van der Waals surface area (Å²) in [6.07, 6.45) is 9.68. The molecule has 24 heavy (non-hydrogen) atoms. The van der Waals surface area contributed by atoms with E-state index in [9.17, 15) is 0 Å². The number of guanidine groups is 1. The van der Waals surface area contributed by atoms with Gasteiger partial charge in [-0.2, -0.15) is 0 Å². The van der Waals surface area contributed by atoms with Crippen molar-refractivity contribution in [3.8, 4) is 0 Å². The highest BCUT2D eigenvalue weighted by atomic mass is 15.3. The zero-order chi connectivity index (χ0) is 16.8. The van der Waals surface area contributed by atoms with Crippen LogP contribution in [0.5, 0.6) is 0 Å². The van der Waals surface area contributed by atoms with Crippen molar-refractivity contribution in [2.75, 3.05) is 46.3 Å². The molecule has 138 valence electrons. The smallest absolute Gasteiger partial charge is 0.191 e. The number of hydrogen-bond donors (Lipinski definition) is 2. The molecular formula is C19H37N5. The van der Waals surface area contributed by atoms with E-state index in [2.05, 4.69) is 32.3 Å². The number of hydrogen-bond acceptors (Lipinski definition) is 3. The summed E-state index contributed by atoms with van der Waals surface area (Å²) in [7, 11) is 1.89. The van der Waals surface area contributed by atoms with Gasteiger partial charge in [0.05, 0.1) is 0 Å². The van der Waals surface area contributed by atoms with Crippen LogP contribution in [0.15, 0.2) is 4.99 Å². The van der Waals surface area contributed by atoms with Crippen LogP contribution >= 0.6 is 0 Å². The van der Waals surface area contributed by atoms with E-state index in [1.807, 2.05) is 7.05 Å². The molecule has 2 unspecified atom stereocenters. The second-order valence-corrected chi connectivity index (χ2v) is 8.11. The Morgan fingerprint density at radius 2 is 1.88 bits per heavy atom. The first kappa shape index (κ1) is 18.0. The van der Waals surface area contributed by atoms with Crippen LogP contribution in [0.2, 0.25) is 0 Å². The predicted molar refractivity (Wildman–Crippen MR) is 102 cm³/mol. The Labute approximate surface area is 148 Å². The molecule has 5 heteroatoms.